The Kier molecular flexibility index (Phi) is 1.92. The molecule has 0 aromatic heterocycles. The van der Waals surface area contributed by atoms with Gasteiger partial charge in [0.15, 0.2) is 0 Å². The minimum absolute atomic E-state index is 0.0424. The summed E-state index contributed by atoms with van der Waals surface area (Å²) in [7, 11) is 0. The van der Waals surface area contributed by atoms with Crippen LogP contribution in [-0.2, 0) is 4.74 Å². The number of fused-ring (bicyclic) bond motifs is 1. The Morgan fingerprint density at radius 1 is 1.62 bits per heavy atom. The number of ether oxygens (including phenoxy) is 1. The van der Waals surface area contributed by atoms with Gasteiger partial charge < -0.3 is 4.74 Å². The van der Waals surface area contributed by atoms with Gasteiger partial charge in [0.05, 0.1) is 11.7 Å². The lowest BCUT2D eigenvalue weighted by Gasteiger charge is -2.22. The molecule has 1 heterocycles. The van der Waals surface area contributed by atoms with E-state index >= 15 is 0 Å². The van der Waals surface area contributed by atoms with Gasteiger partial charge in [0.25, 0.3) is 0 Å². The summed E-state index contributed by atoms with van der Waals surface area (Å²) in [5, 5.41) is 8.76. The number of hydrogen-bond donors (Lipinski definition) is 0. The molecule has 0 bridgehead atoms. The van der Waals surface area contributed by atoms with Crippen molar-refractivity contribution in [1.29, 1.82) is 5.26 Å². The highest BCUT2D eigenvalue weighted by Crippen LogP contribution is 2.50. The molecule has 2 nitrogen and oxygen atoms in total. The van der Waals surface area contributed by atoms with Crippen LogP contribution in [0.1, 0.15) is 26.2 Å². The van der Waals surface area contributed by atoms with Gasteiger partial charge in [-0.1, -0.05) is 6.08 Å². The summed E-state index contributed by atoms with van der Waals surface area (Å²) in [5.74, 6) is 1.16. The Morgan fingerprint density at radius 2 is 2.38 bits per heavy atom. The minimum Gasteiger partial charge on any atom is -0.357 e. The van der Waals surface area contributed by atoms with Gasteiger partial charge in [-0.3, -0.25) is 0 Å². The summed E-state index contributed by atoms with van der Waals surface area (Å²) in [6.07, 6.45) is 4.96. The van der Waals surface area contributed by atoms with Crippen LogP contribution in [0.25, 0.3) is 0 Å². The minimum atomic E-state index is -0.166. The summed E-state index contributed by atoms with van der Waals surface area (Å²) >= 11 is 0. The molecule has 1 saturated heterocycles. The fourth-order valence-electron chi connectivity index (χ4n) is 2.77. The zero-order chi connectivity index (χ0) is 9.47. The average Bonchev–Trinajstić information content (AvgIpc) is 2.55. The fourth-order valence-corrected chi connectivity index (χ4v) is 2.77. The molecule has 0 N–H and O–H groups in total. The fraction of sp³-hybridized carbons (Fsp3) is 0.727. The van der Waals surface area contributed by atoms with E-state index in [1.54, 1.807) is 0 Å². The number of nitrogens with zero attached hydrogens (tertiary/aromatic N) is 1. The molecule has 0 radical (unpaired) electrons. The van der Waals surface area contributed by atoms with Gasteiger partial charge in [0.1, 0.15) is 6.10 Å². The molecule has 1 aliphatic heterocycles. The Balaban J connectivity index is 2.11. The highest BCUT2D eigenvalue weighted by Gasteiger charge is 2.50. The van der Waals surface area contributed by atoms with Crippen LogP contribution in [0.15, 0.2) is 12.7 Å². The van der Waals surface area contributed by atoms with Crippen LogP contribution in [0, 0.1) is 23.2 Å². The van der Waals surface area contributed by atoms with Crippen molar-refractivity contribution in [2.75, 3.05) is 0 Å². The van der Waals surface area contributed by atoms with E-state index in [0.717, 1.165) is 19.3 Å². The van der Waals surface area contributed by atoms with Gasteiger partial charge in [0, 0.05) is 0 Å². The third-order valence-corrected chi connectivity index (χ3v) is 3.51. The molecule has 2 fully saturated rings. The van der Waals surface area contributed by atoms with Gasteiger partial charge in [-0.15, -0.1) is 6.58 Å². The predicted octanol–water partition coefficient (Wildman–Crippen LogP) is 2.27. The zero-order valence-electron chi connectivity index (χ0n) is 7.99. The molecule has 1 saturated carbocycles. The van der Waals surface area contributed by atoms with E-state index in [1.807, 2.05) is 6.08 Å². The average molecular weight is 177 g/mol. The molecule has 2 aliphatic rings. The second kappa shape index (κ2) is 2.85. The van der Waals surface area contributed by atoms with Crippen LogP contribution >= 0.6 is 0 Å². The maximum atomic E-state index is 8.76. The molecule has 0 spiro atoms. The highest BCUT2D eigenvalue weighted by atomic mass is 16.5. The largest absolute Gasteiger partial charge is 0.357 e. The zero-order valence-corrected chi connectivity index (χ0v) is 7.99. The second-order valence-corrected chi connectivity index (χ2v) is 4.42. The molecular formula is C11H15NO. The SMILES string of the molecule is C=CC1C[C@H]2C[C@@H](C#N)O[C@@]2(C)C1. The van der Waals surface area contributed by atoms with Crippen molar-refractivity contribution in [2.24, 2.45) is 11.8 Å². The van der Waals surface area contributed by atoms with E-state index in [-0.39, 0.29) is 11.7 Å². The van der Waals surface area contributed by atoms with Crippen LogP contribution in [0.5, 0.6) is 0 Å². The van der Waals surface area contributed by atoms with E-state index in [4.69, 9.17) is 10.00 Å². The van der Waals surface area contributed by atoms with E-state index in [0.29, 0.717) is 11.8 Å². The third kappa shape index (κ3) is 1.28. The molecule has 2 rings (SSSR count). The Bertz CT molecular complexity index is 268. The lowest BCUT2D eigenvalue weighted by atomic mass is 9.92. The first-order valence-electron chi connectivity index (χ1n) is 4.88. The first kappa shape index (κ1) is 8.77. The van der Waals surface area contributed by atoms with Crippen molar-refractivity contribution >= 4 is 0 Å². The molecule has 0 aromatic carbocycles. The maximum absolute atomic E-state index is 8.76. The first-order chi connectivity index (χ1) is 6.18. The van der Waals surface area contributed by atoms with Crippen molar-refractivity contribution in [3.8, 4) is 6.07 Å². The lowest BCUT2D eigenvalue weighted by Crippen LogP contribution is -2.26. The Morgan fingerprint density at radius 3 is 2.92 bits per heavy atom. The van der Waals surface area contributed by atoms with Gasteiger partial charge in [-0.25, -0.2) is 0 Å². The molecule has 2 heteroatoms. The summed E-state index contributed by atoms with van der Waals surface area (Å²) < 4.78 is 5.75. The molecule has 0 amide bonds. The van der Waals surface area contributed by atoms with E-state index in [1.165, 1.54) is 0 Å². The quantitative estimate of drug-likeness (QED) is 0.575. The molecule has 1 unspecified atom stereocenters. The first-order valence-corrected chi connectivity index (χ1v) is 4.88. The van der Waals surface area contributed by atoms with E-state index < -0.39 is 0 Å². The molecular weight excluding hydrogens is 162 g/mol. The van der Waals surface area contributed by atoms with Gasteiger partial charge in [-0.2, -0.15) is 5.26 Å². The molecule has 13 heavy (non-hydrogen) atoms. The standard InChI is InChI=1S/C11H15NO/c1-3-8-4-9-5-10(7-12)13-11(9,2)6-8/h3,8-10H,1,4-6H2,2H3/t8?,9-,10-,11-/m0/s1. The van der Waals surface area contributed by atoms with Gasteiger partial charge in [0.2, 0.25) is 0 Å². The van der Waals surface area contributed by atoms with Crippen molar-refractivity contribution in [2.45, 2.75) is 37.9 Å². The van der Waals surface area contributed by atoms with Crippen molar-refractivity contribution < 1.29 is 4.74 Å². The maximum Gasteiger partial charge on any atom is 0.145 e. The Hall–Kier alpha value is -0.810. The van der Waals surface area contributed by atoms with Crippen molar-refractivity contribution in [3.63, 3.8) is 0 Å². The van der Waals surface area contributed by atoms with Crippen LogP contribution in [-0.4, -0.2) is 11.7 Å². The molecule has 0 aromatic rings. The summed E-state index contributed by atoms with van der Waals surface area (Å²) in [6.45, 7) is 5.96. The number of hydrogen-bond acceptors (Lipinski definition) is 2. The third-order valence-electron chi connectivity index (χ3n) is 3.51. The summed E-state index contributed by atoms with van der Waals surface area (Å²) in [4.78, 5) is 0. The van der Waals surface area contributed by atoms with Crippen LogP contribution in [0.2, 0.25) is 0 Å². The second-order valence-electron chi connectivity index (χ2n) is 4.42. The molecule has 4 atom stereocenters. The highest BCUT2D eigenvalue weighted by molar-refractivity contribution is 5.07. The summed E-state index contributed by atoms with van der Waals surface area (Å²) in [5.41, 5.74) is -0.0424. The molecule has 1 aliphatic carbocycles. The van der Waals surface area contributed by atoms with Gasteiger partial charge >= 0.3 is 0 Å². The van der Waals surface area contributed by atoms with Gasteiger partial charge in [-0.05, 0) is 38.0 Å². The van der Waals surface area contributed by atoms with Crippen LogP contribution in [0.3, 0.4) is 0 Å². The van der Waals surface area contributed by atoms with E-state index in [9.17, 15) is 0 Å². The number of allylic oxidation sites excluding steroid dienone is 1. The van der Waals surface area contributed by atoms with Crippen LogP contribution < -0.4 is 0 Å². The van der Waals surface area contributed by atoms with E-state index in [2.05, 4.69) is 19.6 Å². The van der Waals surface area contributed by atoms with Crippen LogP contribution in [0.4, 0.5) is 0 Å². The predicted molar refractivity (Wildman–Crippen MR) is 49.9 cm³/mol. The lowest BCUT2D eigenvalue weighted by molar-refractivity contribution is -0.0176. The Labute approximate surface area is 79.2 Å². The summed E-state index contributed by atoms with van der Waals surface area (Å²) in [6, 6.07) is 2.20. The topological polar surface area (TPSA) is 33.0 Å². The molecule has 70 valence electrons. The monoisotopic (exact) mass is 177 g/mol. The number of rotatable bonds is 1. The smallest absolute Gasteiger partial charge is 0.145 e. The number of nitriles is 1. The normalized spacial score (nSPS) is 48.5. The van der Waals surface area contributed by atoms with Crippen molar-refractivity contribution in [3.05, 3.63) is 12.7 Å². The van der Waals surface area contributed by atoms with Crippen molar-refractivity contribution in [1.82, 2.24) is 0 Å².